The molecule has 2 aromatic carbocycles. The summed E-state index contributed by atoms with van der Waals surface area (Å²) in [6.07, 6.45) is 3.03. The number of hydrogen-bond acceptors (Lipinski definition) is 8. The predicted octanol–water partition coefficient (Wildman–Crippen LogP) is 4.81. The molecule has 45 heavy (non-hydrogen) atoms. The molecule has 0 saturated carbocycles. The van der Waals surface area contributed by atoms with E-state index >= 15 is 0 Å². The fourth-order valence-electron chi connectivity index (χ4n) is 5.91. The lowest BCUT2D eigenvalue weighted by atomic mass is 9.93. The van der Waals surface area contributed by atoms with Crippen LogP contribution in [0, 0.1) is 5.82 Å². The van der Waals surface area contributed by atoms with Crippen molar-refractivity contribution in [1.82, 2.24) is 24.3 Å². The number of piperidine rings is 1. The van der Waals surface area contributed by atoms with Gasteiger partial charge in [-0.3, -0.25) is 9.69 Å². The van der Waals surface area contributed by atoms with Gasteiger partial charge in [-0.2, -0.15) is 0 Å². The molecule has 236 valence electrons. The van der Waals surface area contributed by atoms with Crippen LogP contribution in [0.5, 0.6) is 5.88 Å². The van der Waals surface area contributed by atoms with Crippen LogP contribution in [-0.4, -0.2) is 83.2 Å². The molecule has 0 N–H and O–H groups in total. The van der Waals surface area contributed by atoms with Crippen LogP contribution in [0.1, 0.15) is 63.0 Å². The first-order valence-electron chi connectivity index (χ1n) is 15.3. The lowest BCUT2D eigenvalue weighted by molar-refractivity contribution is -0.0592. The minimum Gasteiger partial charge on any atom is -0.473 e. The first-order valence-corrected chi connectivity index (χ1v) is 15.3. The average Bonchev–Trinajstić information content (AvgIpc) is 3.37. The van der Waals surface area contributed by atoms with Crippen molar-refractivity contribution in [2.24, 2.45) is 0 Å². The van der Waals surface area contributed by atoms with Gasteiger partial charge in [-0.1, -0.05) is 12.1 Å². The van der Waals surface area contributed by atoms with Crippen molar-refractivity contribution in [3.8, 4) is 5.88 Å². The Morgan fingerprint density at radius 1 is 1.02 bits per heavy atom. The van der Waals surface area contributed by atoms with Crippen molar-refractivity contribution in [1.29, 1.82) is 0 Å². The highest BCUT2D eigenvalue weighted by Gasteiger charge is 2.26. The van der Waals surface area contributed by atoms with Gasteiger partial charge in [0, 0.05) is 49.5 Å². The number of carbonyl (C=O) groups excluding carboxylic acids is 2. The smallest absolute Gasteiger partial charge is 0.337 e. The molecule has 2 aliphatic heterocycles. The van der Waals surface area contributed by atoms with Crippen molar-refractivity contribution >= 4 is 22.9 Å². The maximum Gasteiger partial charge on any atom is 0.337 e. The molecule has 11 heteroatoms. The standard InChI is InChI=1S/C34H38FN5O5/c1-38(2)33(41)23-7-8-25(27(35)17-23)21-45-32-6-4-5-28(37-32)22-11-14-39(15-12-22)20-31-36-29-10-9-24(34(42)43-3)18-30(29)40(31)19-26-13-16-44-26/h4-10,17-18,22,26H,11-16,19-21H2,1-3H3. The normalized spacial score (nSPS) is 17.2. The molecule has 0 spiro atoms. The average molecular weight is 616 g/mol. The Balaban J connectivity index is 1.09. The largest absolute Gasteiger partial charge is 0.473 e. The van der Waals surface area contributed by atoms with Crippen LogP contribution in [-0.2, 0) is 29.2 Å². The highest BCUT2D eigenvalue weighted by atomic mass is 19.1. The summed E-state index contributed by atoms with van der Waals surface area (Å²) in [4.78, 5) is 37.8. The number of carbonyl (C=O) groups is 2. The summed E-state index contributed by atoms with van der Waals surface area (Å²) < 4.78 is 33.4. The second-order valence-corrected chi connectivity index (χ2v) is 11.9. The Hall–Kier alpha value is -4.35. The number of imidazole rings is 1. The highest BCUT2D eigenvalue weighted by Crippen LogP contribution is 2.30. The molecule has 4 aromatic rings. The van der Waals surface area contributed by atoms with Crippen molar-refractivity contribution in [2.75, 3.05) is 40.9 Å². The summed E-state index contributed by atoms with van der Waals surface area (Å²) >= 11 is 0. The van der Waals surface area contributed by atoms with Gasteiger partial charge >= 0.3 is 5.97 Å². The van der Waals surface area contributed by atoms with Gasteiger partial charge in [0.25, 0.3) is 5.91 Å². The zero-order chi connectivity index (χ0) is 31.5. The van der Waals surface area contributed by atoms with Crippen molar-refractivity contribution < 1.29 is 28.2 Å². The van der Waals surface area contributed by atoms with E-state index in [0.29, 0.717) is 35.7 Å². The van der Waals surface area contributed by atoms with Crippen LogP contribution in [0.15, 0.2) is 54.6 Å². The molecule has 0 bridgehead atoms. The molecule has 2 saturated heterocycles. The van der Waals surface area contributed by atoms with E-state index in [4.69, 9.17) is 24.2 Å². The minimum atomic E-state index is -0.483. The number of methoxy groups -OCH3 is 1. The molecule has 0 radical (unpaired) electrons. The summed E-state index contributed by atoms with van der Waals surface area (Å²) in [7, 11) is 4.65. The van der Waals surface area contributed by atoms with Crippen LogP contribution in [0.25, 0.3) is 11.0 Å². The molecule has 2 aliphatic rings. The monoisotopic (exact) mass is 615 g/mol. The number of hydrogen-bond donors (Lipinski definition) is 0. The zero-order valence-electron chi connectivity index (χ0n) is 25.9. The van der Waals surface area contributed by atoms with E-state index in [1.807, 2.05) is 24.3 Å². The Kier molecular flexibility index (Phi) is 9.09. The quantitative estimate of drug-likeness (QED) is 0.235. The third kappa shape index (κ3) is 6.84. The fourth-order valence-corrected chi connectivity index (χ4v) is 5.91. The molecule has 10 nitrogen and oxygen atoms in total. The topological polar surface area (TPSA) is 99.0 Å². The van der Waals surface area contributed by atoms with Gasteiger partial charge in [-0.05, 0) is 68.8 Å². The van der Waals surface area contributed by atoms with Crippen molar-refractivity contribution in [3.63, 3.8) is 0 Å². The minimum absolute atomic E-state index is 0.0190. The SMILES string of the molecule is COC(=O)c1ccc2nc(CN3CCC(c4cccc(OCc5ccc(C(=O)N(C)C)cc5F)n4)CC3)n(CC3CCO3)c2c1. The van der Waals surface area contributed by atoms with E-state index in [2.05, 4.69) is 9.47 Å². The Labute approximate surface area is 261 Å². The lowest BCUT2D eigenvalue weighted by Crippen LogP contribution is -2.35. The van der Waals surface area contributed by atoms with Crippen molar-refractivity contribution in [3.05, 3.63) is 88.6 Å². The third-order valence-corrected chi connectivity index (χ3v) is 8.63. The number of aromatic nitrogens is 3. The molecule has 6 rings (SSSR count). The van der Waals surface area contributed by atoms with E-state index in [0.717, 1.165) is 61.5 Å². The van der Waals surface area contributed by atoms with E-state index < -0.39 is 5.82 Å². The summed E-state index contributed by atoms with van der Waals surface area (Å²) in [6.45, 7) is 3.96. The molecular formula is C34H38FN5O5. The molecule has 2 aromatic heterocycles. The van der Waals surface area contributed by atoms with E-state index in [1.165, 1.54) is 18.1 Å². The number of halogens is 1. The number of likely N-dealkylation sites (tertiary alicyclic amines) is 1. The summed E-state index contributed by atoms with van der Waals surface area (Å²) in [5, 5.41) is 0. The second-order valence-electron chi connectivity index (χ2n) is 11.9. The molecule has 2 fully saturated rings. The summed E-state index contributed by atoms with van der Waals surface area (Å²) in [6, 6.07) is 15.7. The van der Waals surface area contributed by atoms with Gasteiger partial charge in [-0.15, -0.1) is 0 Å². The van der Waals surface area contributed by atoms with Crippen LogP contribution < -0.4 is 4.74 Å². The first-order chi connectivity index (χ1) is 21.8. The van der Waals surface area contributed by atoms with Crippen LogP contribution >= 0.6 is 0 Å². The molecule has 0 aliphatic carbocycles. The number of esters is 1. The van der Waals surface area contributed by atoms with Crippen LogP contribution in [0.3, 0.4) is 0 Å². The number of benzene rings is 2. The first kappa shape index (κ1) is 30.7. The molecule has 1 atom stereocenters. The van der Waals surface area contributed by atoms with Gasteiger partial charge in [0.2, 0.25) is 5.88 Å². The van der Waals surface area contributed by atoms with Crippen LogP contribution in [0.4, 0.5) is 4.39 Å². The number of fused-ring (bicyclic) bond motifs is 1. The zero-order valence-corrected chi connectivity index (χ0v) is 25.9. The molecule has 1 amide bonds. The highest BCUT2D eigenvalue weighted by molar-refractivity contribution is 5.94. The number of pyridine rings is 1. The van der Waals surface area contributed by atoms with E-state index in [1.54, 1.807) is 38.4 Å². The van der Waals surface area contributed by atoms with Gasteiger partial charge in [-0.25, -0.2) is 19.2 Å². The number of amides is 1. The number of ether oxygens (including phenoxy) is 3. The fraction of sp³-hybridized carbons (Fsp3) is 0.412. The van der Waals surface area contributed by atoms with Gasteiger partial charge in [0.05, 0.1) is 42.9 Å². The Bertz CT molecular complexity index is 1690. The molecule has 1 unspecified atom stereocenters. The number of nitrogens with zero attached hydrogens (tertiary/aromatic N) is 5. The van der Waals surface area contributed by atoms with Gasteiger partial charge in [0.1, 0.15) is 18.2 Å². The third-order valence-electron chi connectivity index (χ3n) is 8.63. The molecule has 4 heterocycles. The van der Waals surface area contributed by atoms with Crippen LogP contribution in [0.2, 0.25) is 0 Å². The maximum absolute atomic E-state index is 14.7. The lowest BCUT2D eigenvalue weighted by Gasteiger charge is -2.32. The van der Waals surface area contributed by atoms with Gasteiger partial charge in [0.15, 0.2) is 0 Å². The summed E-state index contributed by atoms with van der Waals surface area (Å²) in [5.41, 5.74) is 3.89. The number of rotatable bonds is 10. The second kappa shape index (κ2) is 13.3. The van der Waals surface area contributed by atoms with E-state index in [-0.39, 0.29) is 30.5 Å². The Morgan fingerprint density at radius 3 is 2.49 bits per heavy atom. The van der Waals surface area contributed by atoms with E-state index in [9.17, 15) is 14.0 Å². The van der Waals surface area contributed by atoms with Crippen molar-refractivity contribution in [2.45, 2.75) is 51.0 Å². The summed E-state index contributed by atoms with van der Waals surface area (Å²) in [5.74, 6) is 0.585. The Morgan fingerprint density at radius 2 is 1.80 bits per heavy atom. The molecular weight excluding hydrogens is 577 g/mol. The van der Waals surface area contributed by atoms with Gasteiger partial charge < -0.3 is 23.7 Å². The predicted molar refractivity (Wildman–Crippen MR) is 166 cm³/mol. The maximum atomic E-state index is 14.7.